The highest BCUT2D eigenvalue weighted by Crippen LogP contribution is 2.52. The van der Waals surface area contributed by atoms with E-state index in [2.05, 4.69) is 20.2 Å². The van der Waals surface area contributed by atoms with Crippen LogP contribution in [0.15, 0.2) is 40.8 Å². The molecule has 4 N–H and O–H groups in total. The molecule has 0 radical (unpaired) electrons. The summed E-state index contributed by atoms with van der Waals surface area (Å²) in [5.74, 6) is 1.16. The molecule has 7 rings (SSSR count). The molecule has 2 aliphatic carbocycles. The van der Waals surface area contributed by atoms with E-state index in [1.165, 1.54) is 23.1 Å². The number of morpholine rings is 1. The molecule has 0 bridgehead atoms. The van der Waals surface area contributed by atoms with Crippen molar-refractivity contribution in [2.24, 2.45) is 23.0 Å². The topological polar surface area (TPSA) is 174 Å². The van der Waals surface area contributed by atoms with Crippen LogP contribution < -0.4 is 20.5 Å². The second kappa shape index (κ2) is 15.3. The maximum absolute atomic E-state index is 14.2. The van der Waals surface area contributed by atoms with Gasteiger partial charge in [-0.15, -0.1) is 0 Å². The Morgan fingerprint density at radius 1 is 1.12 bits per heavy atom. The number of aromatic amines is 1. The number of pyridine rings is 1. The van der Waals surface area contributed by atoms with Crippen LogP contribution in [-0.4, -0.2) is 113 Å². The number of benzene rings is 1. The fraction of sp³-hybridized carbons (Fsp3) is 0.583. The molecule has 14 nitrogen and oxygen atoms in total. The summed E-state index contributed by atoms with van der Waals surface area (Å²) in [6.07, 6.45) is 5.09. The second-order valence-corrected chi connectivity index (χ2v) is 16.5. The van der Waals surface area contributed by atoms with Crippen molar-refractivity contribution in [2.75, 3.05) is 46.0 Å². The maximum Gasteiger partial charge on any atom is 0.408 e. The number of likely N-dealkylation sites (tertiary alicyclic amines) is 1. The van der Waals surface area contributed by atoms with Crippen molar-refractivity contribution in [2.45, 2.75) is 80.9 Å². The number of aromatic nitrogens is 3. The maximum atomic E-state index is 14.2. The number of hydrogen-bond acceptors (Lipinski definition) is 11. The van der Waals surface area contributed by atoms with E-state index in [-0.39, 0.29) is 19.1 Å². The van der Waals surface area contributed by atoms with Gasteiger partial charge in [-0.05, 0) is 60.4 Å². The Balaban J connectivity index is 1.10. The predicted molar refractivity (Wildman–Crippen MR) is 193 cm³/mol. The number of carbonyl (C=O) groups is 3. The Hall–Kier alpha value is -3.79. The summed E-state index contributed by atoms with van der Waals surface area (Å²) >= 11 is 8.25. The summed E-state index contributed by atoms with van der Waals surface area (Å²) in [6, 6.07) is 3.52. The van der Waals surface area contributed by atoms with Gasteiger partial charge in [-0.3, -0.25) is 14.5 Å². The standard InChI is InChI=1S/C36H46ClN7O7S/c1-36(2,3)31(42-35(47)51-22-15-20-14-21(20)16-22)33(46)44-19-23(17-25(44)32(38)45)50-27-18-28(52-34-39-6-7-40-34)41-30-24(27)4-5-26(29(30)37)49-13-10-43-8-11-48-12-9-43/h4-7,18,20-23,25,31H,8-17,19H2,1-3H3,(H2,38,45)(H,39,40)(H,42,47)/t20-,21+,22+,23-,25+,31-/m1/s1. The van der Waals surface area contributed by atoms with Crippen molar-refractivity contribution >= 4 is 52.2 Å². The average molecular weight is 756 g/mol. The first kappa shape index (κ1) is 36.6. The number of alkyl carbamates (subject to hydrolysis) is 1. The van der Waals surface area contributed by atoms with E-state index in [9.17, 15) is 14.4 Å². The fourth-order valence-corrected chi connectivity index (χ4v) is 8.41. The third-order valence-electron chi connectivity index (χ3n) is 10.3. The lowest BCUT2D eigenvalue weighted by Gasteiger charge is -2.35. The quantitative estimate of drug-likeness (QED) is 0.241. The number of carbonyl (C=O) groups excluding carboxylic acids is 3. The van der Waals surface area contributed by atoms with Crippen molar-refractivity contribution in [1.29, 1.82) is 0 Å². The molecule has 2 saturated carbocycles. The molecule has 0 unspecified atom stereocenters. The van der Waals surface area contributed by atoms with Gasteiger partial charge in [0.1, 0.15) is 52.4 Å². The normalized spacial score (nSPS) is 25.1. The zero-order valence-electron chi connectivity index (χ0n) is 29.6. The number of nitrogens with zero attached hydrogens (tertiary/aromatic N) is 4. The van der Waals surface area contributed by atoms with Gasteiger partial charge in [0.25, 0.3) is 0 Å². The molecule has 0 spiro atoms. The van der Waals surface area contributed by atoms with Gasteiger partial charge >= 0.3 is 6.09 Å². The highest BCUT2D eigenvalue weighted by Gasteiger charge is 2.48. The smallest absolute Gasteiger partial charge is 0.408 e. The van der Waals surface area contributed by atoms with Crippen molar-refractivity contribution < 1.29 is 33.3 Å². The zero-order chi connectivity index (χ0) is 36.6. The summed E-state index contributed by atoms with van der Waals surface area (Å²) < 4.78 is 23.9. The number of hydrogen-bond donors (Lipinski definition) is 3. The zero-order valence-corrected chi connectivity index (χ0v) is 31.2. The van der Waals surface area contributed by atoms with E-state index in [4.69, 9.17) is 41.3 Å². The third-order valence-corrected chi connectivity index (χ3v) is 11.5. The Labute approximate surface area is 311 Å². The lowest BCUT2D eigenvalue weighted by Crippen LogP contribution is -2.57. The van der Waals surface area contributed by atoms with Crippen LogP contribution in [0.2, 0.25) is 5.02 Å². The Kier molecular flexibility index (Phi) is 10.7. The van der Waals surface area contributed by atoms with E-state index in [0.29, 0.717) is 69.3 Å². The van der Waals surface area contributed by atoms with Gasteiger partial charge in [-0.25, -0.2) is 14.8 Å². The largest absolute Gasteiger partial charge is 0.491 e. The van der Waals surface area contributed by atoms with Crippen molar-refractivity contribution in [3.63, 3.8) is 0 Å². The van der Waals surface area contributed by atoms with Crippen LogP contribution in [0.4, 0.5) is 4.79 Å². The number of nitrogens with one attached hydrogen (secondary N) is 2. The van der Waals surface area contributed by atoms with Crippen LogP contribution in [0.5, 0.6) is 11.5 Å². The molecule has 2 aromatic heterocycles. The molecule has 16 heteroatoms. The number of primary amides is 1. The third kappa shape index (κ3) is 8.37. The van der Waals surface area contributed by atoms with Crippen LogP contribution in [0.25, 0.3) is 10.9 Å². The number of halogens is 1. The number of ether oxygens (including phenoxy) is 4. The summed E-state index contributed by atoms with van der Waals surface area (Å²) in [5.41, 5.74) is 5.66. The summed E-state index contributed by atoms with van der Waals surface area (Å²) in [5, 5.41) is 4.98. The van der Waals surface area contributed by atoms with E-state index < -0.39 is 41.5 Å². The average Bonchev–Trinajstić information content (AvgIpc) is 3.46. The van der Waals surface area contributed by atoms with Gasteiger partial charge in [0, 0.05) is 49.9 Å². The number of amides is 3. The van der Waals surface area contributed by atoms with Crippen molar-refractivity contribution in [3.05, 3.63) is 35.6 Å². The molecule has 1 aromatic carbocycles. The Morgan fingerprint density at radius 3 is 2.58 bits per heavy atom. The van der Waals surface area contributed by atoms with Crippen molar-refractivity contribution in [3.8, 4) is 11.5 Å². The van der Waals surface area contributed by atoms with Crippen molar-refractivity contribution in [1.82, 2.24) is 30.1 Å². The highest BCUT2D eigenvalue weighted by atomic mass is 35.5. The lowest BCUT2D eigenvalue weighted by atomic mass is 9.85. The minimum atomic E-state index is -0.963. The number of nitrogens with two attached hydrogens (primary N) is 1. The molecule has 2 aliphatic heterocycles. The van der Waals surface area contributed by atoms with E-state index in [1.807, 2.05) is 26.8 Å². The predicted octanol–water partition coefficient (Wildman–Crippen LogP) is 4.25. The van der Waals surface area contributed by atoms with E-state index >= 15 is 0 Å². The molecule has 3 aromatic rings. The molecule has 4 aliphatic rings. The number of rotatable bonds is 12. The van der Waals surface area contributed by atoms with Gasteiger partial charge in [-0.2, -0.15) is 0 Å². The minimum absolute atomic E-state index is 0.0721. The number of imidazole rings is 1. The van der Waals surface area contributed by atoms with Crippen LogP contribution in [0.1, 0.15) is 46.5 Å². The van der Waals surface area contributed by atoms with Crippen LogP contribution >= 0.6 is 23.4 Å². The van der Waals surface area contributed by atoms with Crippen LogP contribution in [0.3, 0.4) is 0 Å². The minimum Gasteiger partial charge on any atom is -0.491 e. The van der Waals surface area contributed by atoms with Crippen LogP contribution in [-0.2, 0) is 19.1 Å². The van der Waals surface area contributed by atoms with Crippen LogP contribution in [0, 0.1) is 17.3 Å². The molecule has 4 heterocycles. The van der Waals surface area contributed by atoms with Gasteiger partial charge < -0.3 is 39.9 Å². The van der Waals surface area contributed by atoms with Gasteiger partial charge in [0.2, 0.25) is 11.8 Å². The van der Waals surface area contributed by atoms with E-state index in [0.717, 1.165) is 32.5 Å². The monoisotopic (exact) mass is 755 g/mol. The molecule has 280 valence electrons. The molecule has 4 fully saturated rings. The Morgan fingerprint density at radius 2 is 1.88 bits per heavy atom. The SMILES string of the molecule is CC(C)(C)[C@H](NC(=O)O[C@@H]1C[C@@H]2C[C@@H]2C1)C(=O)N1C[C@H](Oc2cc(Sc3ncc[nH]3)nc3c(Cl)c(OCCN4CCOCC4)ccc23)C[C@H]1C(N)=O. The first-order valence-electron chi connectivity index (χ1n) is 17.9. The summed E-state index contributed by atoms with van der Waals surface area (Å²) in [4.78, 5) is 55.9. The van der Waals surface area contributed by atoms with Gasteiger partial charge in [-0.1, -0.05) is 32.4 Å². The van der Waals surface area contributed by atoms with Gasteiger partial charge in [0.05, 0.1) is 25.3 Å². The number of H-pyrrole nitrogens is 1. The molecular weight excluding hydrogens is 710 g/mol. The lowest BCUT2D eigenvalue weighted by molar-refractivity contribution is -0.141. The second-order valence-electron chi connectivity index (χ2n) is 15.1. The number of fused-ring (bicyclic) bond motifs is 2. The fourth-order valence-electron chi connectivity index (χ4n) is 7.41. The molecule has 6 atom stereocenters. The molecule has 2 saturated heterocycles. The summed E-state index contributed by atoms with van der Waals surface area (Å²) in [6.45, 7) is 9.94. The van der Waals surface area contributed by atoms with Gasteiger partial charge in [0.15, 0.2) is 5.16 Å². The molecular formula is C36H46ClN7O7S. The molecule has 3 amide bonds. The molecule has 52 heavy (non-hydrogen) atoms. The highest BCUT2D eigenvalue weighted by molar-refractivity contribution is 7.99. The first-order valence-corrected chi connectivity index (χ1v) is 19.1. The Bertz CT molecular complexity index is 1770. The summed E-state index contributed by atoms with van der Waals surface area (Å²) in [7, 11) is 0. The first-order chi connectivity index (χ1) is 24.9. The van der Waals surface area contributed by atoms with E-state index in [1.54, 1.807) is 24.5 Å².